The van der Waals surface area contributed by atoms with Crippen LogP contribution in [0.25, 0.3) is 0 Å². The summed E-state index contributed by atoms with van der Waals surface area (Å²) in [5, 5.41) is 10.8. The van der Waals surface area contributed by atoms with Gasteiger partial charge in [-0.2, -0.15) is 5.26 Å². The molecule has 58 valence electrons. The number of halogens is 1. The first kappa shape index (κ1) is 9.73. The van der Waals surface area contributed by atoms with Crippen molar-refractivity contribution in [3.63, 3.8) is 0 Å². The van der Waals surface area contributed by atoms with Gasteiger partial charge in [-0.05, 0) is 6.08 Å². The molecule has 0 spiro atoms. The van der Waals surface area contributed by atoms with E-state index in [1.807, 2.05) is 0 Å². The van der Waals surface area contributed by atoms with Crippen LogP contribution in [0.5, 0.6) is 0 Å². The maximum Gasteiger partial charge on any atom is 0.221 e. The van der Waals surface area contributed by atoms with Crippen molar-refractivity contribution in [3.8, 4) is 6.07 Å². The van der Waals surface area contributed by atoms with Crippen LogP contribution < -0.4 is 5.32 Å². The fraction of sp³-hybridized carbons (Fsp3) is 0.143. The summed E-state index contributed by atoms with van der Waals surface area (Å²) in [4.78, 5) is 10.4. The molecule has 11 heavy (non-hydrogen) atoms. The van der Waals surface area contributed by atoms with Crippen molar-refractivity contribution in [1.82, 2.24) is 5.32 Å². The zero-order chi connectivity index (χ0) is 8.85. The molecule has 0 saturated heterocycles. The van der Waals surface area contributed by atoms with E-state index in [-0.39, 0.29) is 16.6 Å². The highest BCUT2D eigenvalue weighted by Crippen LogP contribution is 2.06. The second kappa shape index (κ2) is 4.53. The van der Waals surface area contributed by atoms with Crippen molar-refractivity contribution in [2.24, 2.45) is 0 Å². The van der Waals surface area contributed by atoms with Gasteiger partial charge in [0.1, 0.15) is 11.8 Å². The zero-order valence-corrected chi connectivity index (χ0v) is 6.77. The summed E-state index contributed by atoms with van der Waals surface area (Å²) in [6, 6.07) is 1.73. The molecule has 0 radical (unpaired) electrons. The molecule has 3 nitrogen and oxygen atoms in total. The average Bonchev–Trinajstić information content (AvgIpc) is 1.98. The quantitative estimate of drug-likeness (QED) is 0.502. The number of hydrogen-bond acceptors (Lipinski definition) is 2. The molecular formula is C7H7ClN2O. The summed E-state index contributed by atoms with van der Waals surface area (Å²) < 4.78 is 0. The molecule has 4 heteroatoms. The van der Waals surface area contributed by atoms with E-state index in [0.29, 0.717) is 0 Å². The van der Waals surface area contributed by atoms with Crippen LogP contribution in [0.4, 0.5) is 0 Å². The van der Waals surface area contributed by atoms with Gasteiger partial charge in [0.05, 0.1) is 5.03 Å². The minimum Gasteiger partial charge on any atom is -0.316 e. The van der Waals surface area contributed by atoms with Crippen molar-refractivity contribution in [2.75, 3.05) is 0 Å². The number of nitriles is 1. The average molecular weight is 171 g/mol. The highest BCUT2D eigenvalue weighted by atomic mass is 35.5. The van der Waals surface area contributed by atoms with Crippen molar-refractivity contribution in [3.05, 3.63) is 23.4 Å². The molecule has 0 aliphatic carbocycles. The van der Waals surface area contributed by atoms with Gasteiger partial charge in [0.25, 0.3) is 0 Å². The number of nitrogens with one attached hydrogen (secondary N) is 1. The van der Waals surface area contributed by atoms with Crippen LogP contribution in [0.2, 0.25) is 0 Å². The summed E-state index contributed by atoms with van der Waals surface area (Å²) in [5.74, 6) is -0.332. The standard InChI is InChI=1S/C7H7ClN2O/c1-3-6(8)7(4-9)10-5(2)11/h3H,1H2,2H3,(H,10,11)/b7-6+. The predicted octanol–water partition coefficient (Wildman–Crippen LogP) is 1.28. The lowest BCUT2D eigenvalue weighted by molar-refractivity contribution is -0.118. The normalized spacial score (nSPS) is 11.0. The van der Waals surface area contributed by atoms with Crippen molar-refractivity contribution in [2.45, 2.75) is 6.92 Å². The van der Waals surface area contributed by atoms with Gasteiger partial charge in [0.15, 0.2) is 0 Å². The molecule has 1 amide bonds. The van der Waals surface area contributed by atoms with E-state index in [1.54, 1.807) is 6.07 Å². The minimum atomic E-state index is -0.332. The van der Waals surface area contributed by atoms with Gasteiger partial charge in [0.2, 0.25) is 5.91 Å². The molecule has 0 aliphatic rings. The molecule has 0 aromatic carbocycles. The van der Waals surface area contributed by atoms with Crippen LogP contribution in [0.3, 0.4) is 0 Å². The summed E-state index contributed by atoms with van der Waals surface area (Å²) in [5.41, 5.74) is 0.0224. The lowest BCUT2D eigenvalue weighted by Gasteiger charge is -1.98. The number of hydrogen-bond donors (Lipinski definition) is 1. The van der Waals surface area contributed by atoms with E-state index < -0.39 is 0 Å². The molecule has 1 N–H and O–H groups in total. The Labute approximate surface area is 70.0 Å². The van der Waals surface area contributed by atoms with Crippen molar-refractivity contribution < 1.29 is 4.79 Å². The Morgan fingerprint density at radius 1 is 1.82 bits per heavy atom. The number of allylic oxidation sites excluding steroid dienone is 3. The molecule has 0 bridgehead atoms. The zero-order valence-electron chi connectivity index (χ0n) is 6.02. The molecule has 0 aliphatic heterocycles. The molecule has 0 aromatic heterocycles. The maximum atomic E-state index is 10.4. The van der Waals surface area contributed by atoms with Crippen LogP contribution in [-0.2, 0) is 4.79 Å². The number of nitrogens with zero attached hydrogens (tertiary/aromatic N) is 1. The Morgan fingerprint density at radius 3 is 2.64 bits per heavy atom. The molecule has 0 atom stereocenters. The van der Waals surface area contributed by atoms with Gasteiger partial charge in [0, 0.05) is 6.92 Å². The first-order valence-corrected chi connectivity index (χ1v) is 3.19. The smallest absolute Gasteiger partial charge is 0.221 e. The molecule has 0 unspecified atom stereocenters. The largest absolute Gasteiger partial charge is 0.316 e. The van der Waals surface area contributed by atoms with E-state index >= 15 is 0 Å². The van der Waals surface area contributed by atoms with Gasteiger partial charge in [-0.15, -0.1) is 0 Å². The van der Waals surface area contributed by atoms with E-state index in [4.69, 9.17) is 16.9 Å². The number of rotatable bonds is 2. The summed E-state index contributed by atoms with van der Waals surface area (Å²) in [7, 11) is 0. The van der Waals surface area contributed by atoms with E-state index in [2.05, 4.69) is 11.9 Å². The third-order valence-electron chi connectivity index (χ3n) is 0.831. The van der Waals surface area contributed by atoms with Gasteiger partial charge >= 0.3 is 0 Å². The topological polar surface area (TPSA) is 52.9 Å². The highest BCUT2D eigenvalue weighted by Gasteiger charge is 2.01. The monoisotopic (exact) mass is 170 g/mol. The molecule has 0 heterocycles. The van der Waals surface area contributed by atoms with Crippen molar-refractivity contribution >= 4 is 17.5 Å². The summed E-state index contributed by atoms with van der Waals surface area (Å²) in [6.45, 7) is 4.64. The van der Waals surface area contributed by atoms with E-state index in [9.17, 15) is 4.79 Å². The Kier molecular flexibility index (Phi) is 4.01. The lowest BCUT2D eigenvalue weighted by Crippen LogP contribution is -2.18. The second-order valence-corrected chi connectivity index (χ2v) is 2.13. The number of carbonyl (C=O) groups excluding carboxylic acids is 1. The molecular weight excluding hydrogens is 164 g/mol. The van der Waals surface area contributed by atoms with Crippen LogP contribution in [0.1, 0.15) is 6.92 Å². The highest BCUT2D eigenvalue weighted by molar-refractivity contribution is 6.31. The summed E-state index contributed by atoms with van der Waals surface area (Å²) >= 11 is 5.50. The third kappa shape index (κ3) is 3.43. The third-order valence-corrected chi connectivity index (χ3v) is 1.17. The van der Waals surface area contributed by atoms with E-state index in [0.717, 1.165) is 0 Å². The molecule has 0 saturated carbocycles. The van der Waals surface area contributed by atoms with Gasteiger partial charge < -0.3 is 5.32 Å². The van der Waals surface area contributed by atoms with Crippen molar-refractivity contribution in [1.29, 1.82) is 5.26 Å². The van der Waals surface area contributed by atoms with Gasteiger partial charge in [-0.1, -0.05) is 18.2 Å². The number of carbonyl (C=O) groups is 1. The number of amides is 1. The van der Waals surface area contributed by atoms with Gasteiger partial charge in [-0.25, -0.2) is 0 Å². The minimum absolute atomic E-state index is 0.0224. The Bertz CT molecular complexity index is 250. The molecule has 0 fully saturated rings. The fourth-order valence-corrected chi connectivity index (χ4v) is 0.509. The maximum absolute atomic E-state index is 10.4. The van der Waals surface area contributed by atoms with Gasteiger partial charge in [-0.3, -0.25) is 4.79 Å². The van der Waals surface area contributed by atoms with Crippen LogP contribution >= 0.6 is 11.6 Å². The predicted molar refractivity (Wildman–Crippen MR) is 42.5 cm³/mol. The van der Waals surface area contributed by atoms with Crippen LogP contribution in [0, 0.1) is 11.3 Å². The van der Waals surface area contributed by atoms with E-state index in [1.165, 1.54) is 13.0 Å². The SMILES string of the molecule is C=C/C(Cl)=C(/C#N)NC(C)=O. The Balaban J connectivity index is 4.56. The lowest BCUT2D eigenvalue weighted by atomic mass is 10.4. The fourth-order valence-electron chi connectivity index (χ4n) is 0.419. The summed E-state index contributed by atoms with van der Waals surface area (Å²) in [6.07, 6.45) is 1.29. The first-order valence-electron chi connectivity index (χ1n) is 2.81. The Morgan fingerprint density at radius 2 is 2.36 bits per heavy atom. The molecule has 0 aromatic rings. The second-order valence-electron chi connectivity index (χ2n) is 1.72. The molecule has 0 rings (SSSR count). The first-order chi connectivity index (χ1) is 5.11. The Hall–Kier alpha value is -1.27. The van der Waals surface area contributed by atoms with Crippen LogP contribution in [0.15, 0.2) is 23.4 Å². The van der Waals surface area contributed by atoms with Crippen LogP contribution in [-0.4, -0.2) is 5.91 Å².